The molecule has 3 saturated heterocycles. The SMILES string of the molecule is CO[C@@H]1C[C@H](C[C@@H](C)[C@@H]2CC(=O)[C@H](C)/C=C(\C)[C@@H](O)[C@@H](OC)C(=O)[C@H](C)C[C@H](C)/C=C/C=C/C=C(\C)[C@@H](OC3COC3)C[C@@H]3CC[C@@H](C)[C@@](O)(O3)C(=O)C(=O)N3CCCC[C@H]3C(=O)O2)CC[C@H]1O. The third-order valence-corrected chi connectivity index (χ3v) is 15.2. The standard InChI is InChI=1S/C53H81NO14/c1-31-15-11-10-12-16-32(2)44(66-40-29-65-30-40)27-39-20-18-37(7)53(62,68-39)50(59)51(60)54-22-14-13-17-41(54)52(61)67-45(34(4)25-38-19-21-42(55)46(26-38)63-8)28-43(56)33(3)24-36(6)48(58)49(64-9)47(57)35(5)23-31/h10-12,15-16,24,31,33-35,37-42,44-46,48-49,55,58,62H,13-14,17-23,25-30H2,1-9H3/b12-10+,15-11+,32-16+,36-24+/t31-,33-,34-,35-,37-,38+,39+,41+,42-,44+,45+,46-,48-,49+,53-/m1/s1. The van der Waals surface area contributed by atoms with Gasteiger partial charge in [-0.3, -0.25) is 19.2 Å². The topological polar surface area (TPSA) is 205 Å². The summed E-state index contributed by atoms with van der Waals surface area (Å²) in [6.07, 6.45) is 11.0. The van der Waals surface area contributed by atoms with Crippen LogP contribution in [-0.4, -0.2) is 144 Å². The molecule has 68 heavy (non-hydrogen) atoms. The largest absolute Gasteiger partial charge is 0.460 e. The van der Waals surface area contributed by atoms with Gasteiger partial charge in [-0.2, -0.15) is 0 Å². The van der Waals surface area contributed by atoms with Gasteiger partial charge in [-0.1, -0.05) is 71.1 Å². The normalized spacial score (nSPS) is 40.4. The fourth-order valence-corrected chi connectivity index (χ4v) is 10.5. The summed E-state index contributed by atoms with van der Waals surface area (Å²) in [7, 11) is 2.95. The predicted octanol–water partition coefficient (Wildman–Crippen LogP) is 5.95. The lowest BCUT2D eigenvalue weighted by molar-refractivity contribution is -0.267. The zero-order valence-electron chi connectivity index (χ0n) is 42.0. The van der Waals surface area contributed by atoms with E-state index in [1.807, 2.05) is 58.1 Å². The molecule has 382 valence electrons. The van der Waals surface area contributed by atoms with E-state index in [2.05, 4.69) is 0 Å². The van der Waals surface area contributed by atoms with Crippen LogP contribution in [0.4, 0.5) is 0 Å². The molecule has 15 heteroatoms. The number of cyclic esters (lactones) is 1. The number of hydrogen-bond acceptors (Lipinski definition) is 14. The minimum atomic E-state index is -2.45. The highest BCUT2D eigenvalue weighted by atomic mass is 16.6. The third kappa shape index (κ3) is 14.4. The molecule has 0 spiro atoms. The van der Waals surface area contributed by atoms with E-state index in [-0.39, 0.29) is 60.9 Å². The molecule has 5 rings (SSSR count). The molecule has 0 aromatic carbocycles. The summed E-state index contributed by atoms with van der Waals surface area (Å²) >= 11 is 0. The zero-order chi connectivity index (χ0) is 49.9. The number of ketones is 3. The first-order valence-corrected chi connectivity index (χ1v) is 25.1. The summed E-state index contributed by atoms with van der Waals surface area (Å²) in [6.45, 7) is 13.7. The van der Waals surface area contributed by atoms with Crippen molar-refractivity contribution < 1.29 is 67.7 Å². The minimum Gasteiger partial charge on any atom is -0.460 e. The summed E-state index contributed by atoms with van der Waals surface area (Å²) in [5.41, 5.74) is 1.27. The first-order valence-electron chi connectivity index (χ1n) is 25.1. The van der Waals surface area contributed by atoms with Gasteiger partial charge in [0, 0.05) is 51.4 Å². The Hall–Kier alpha value is -3.41. The molecular weight excluding hydrogens is 875 g/mol. The second kappa shape index (κ2) is 25.6. The number of carbonyl (C=O) groups is 5. The van der Waals surface area contributed by atoms with E-state index >= 15 is 0 Å². The molecule has 4 aliphatic heterocycles. The number of aliphatic hydroxyl groups is 3. The Morgan fingerprint density at radius 2 is 1.60 bits per heavy atom. The lowest BCUT2D eigenvalue weighted by atomic mass is 9.78. The van der Waals surface area contributed by atoms with Gasteiger partial charge in [-0.05, 0) is 107 Å². The smallest absolute Gasteiger partial charge is 0.329 e. The second-order valence-corrected chi connectivity index (χ2v) is 20.7. The molecule has 1 amide bonds. The van der Waals surface area contributed by atoms with Gasteiger partial charge in [0.1, 0.15) is 36.2 Å². The molecule has 0 aromatic rings. The van der Waals surface area contributed by atoms with Crippen LogP contribution in [0.5, 0.6) is 0 Å². The molecule has 2 bridgehead atoms. The monoisotopic (exact) mass is 956 g/mol. The summed E-state index contributed by atoms with van der Waals surface area (Å²) in [5.74, 6) is -8.05. The number of methoxy groups -OCH3 is 2. The van der Waals surface area contributed by atoms with Crippen molar-refractivity contribution in [2.24, 2.45) is 35.5 Å². The van der Waals surface area contributed by atoms with E-state index in [1.165, 1.54) is 12.0 Å². The van der Waals surface area contributed by atoms with Crippen LogP contribution < -0.4 is 0 Å². The maximum Gasteiger partial charge on any atom is 0.329 e. The van der Waals surface area contributed by atoms with Gasteiger partial charge in [0.25, 0.3) is 11.7 Å². The van der Waals surface area contributed by atoms with E-state index in [9.17, 15) is 39.3 Å². The van der Waals surface area contributed by atoms with Crippen molar-refractivity contribution >= 4 is 29.2 Å². The van der Waals surface area contributed by atoms with Crippen LogP contribution in [0, 0.1) is 35.5 Å². The van der Waals surface area contributed by atoms with Crippen LogP contribution in [0.25, 0.3) is 0 Å². The number of nitrogens with zero attached hydrogens (tertiary/aromatic N) is 1. The highest BCUT2D eigenvalue weighted by Crippen LogP contribution is 2.38. The average molecular weight is 956 g/mol. The Bertz CT molecular complexity index is 1860. The van der Waals surface area contributed by atoms with E-state index in [0.29, 0.717) is 76.6 Å². The maximum absolute atomic E-state index is 14.4. The van der Waals surface area contributed by atoms with Crippen LogP contribution in [0.15, 0.2) is 47.6 Å². The summed E-state index contributed by atoms with van der Waals surface area (Å²) in [4.78, 5) is 72.2. The predicted molar refractivity (Wildman–Crippen MR) is 254 cm³/mol. The third-order valence-electron chi connectivity index (χ3n) is 15.2. The number of carbonyl (C=O) groups excluding carboxylic acids is 5. The Balaban J connectivity index is 1.47. The molecule has 5 aliphatic rings. The second-order valence-electron chi connectivity index (χ2n) is 20.7. The molecule has 15 nitrogen and oxygen atoms in total. The van der Waals surface area contributed by atoms with Crippen molar-refractivity contribution in [1.82, 2.24) is 4.90 Å². The molecule has 1 aliphatic carbocycles. The first-order chi connectivity index (χ1) is 32.3. The summed E-state index contributed by atoms with van der Waals surface area (Å²) in [6, 6.07) is -1.15. The molecule has 1 saturated carbocycles. The number of esters is 1. The van der Waals surface area contributed by atoms with Gasteiger partial charge in [0.2, 0.25) is 5.79 Å². The quantitative estimate of drug-likeness (QED) is 0.153. The number of aliphatic hydroxyl groups excluding tert-OH is 2. The van der Waals surface area contributed by atoms with E-state index in [1.54, 1.807) is 34.0 Å². The average Bonchev–Trinajstić information content (AvgIpc) is 3.30. The van der Waals surface area contributed by atoms with Gasteiger partial charge in [-0.15, -0.1) is 0 Å². The molecule has 0 unspecified atom stereocenters. The number of hydrogen-bond donors (Lipinski definition) is 3. The Labute approximate surface area is 404 Å². The molecule has 15 atom stereocenters. The van der Waals surface area contributed by atoms with Gasteiger partial charge in [0.15, 0.2) is 5.78 Å². The van der Waals surface area contributed by atoms with Crippen molar-refractivity contribution in [3.8, 4) is 0 Å². The van der Waals surface area contributed by atoms with E-state index in [4.69, 9.17) is 28.4 Å². The lowest BCUT2D eigenvalue weighted by Gasteiger charge is -2.43. The van der Waals surface area contributed by atoms with Crippen LogP contribution >= 0.6 is 0 Å². The first kappa shape index (κ1) is 55.5. The van der Waals surface area contributed by atoms with Crippen molar-refractivity contribution in [3.63, 3.8) is 0 Å². The highest BCUT2D eigenvalue weighted by molar-refractivity contribution is 6.39. The molecule has 0 aromatic heterocycles. The molecule has 3 N–H and O–H groups in total. The molecule has 4 heterocycles. The van der Waals surface area contributed by atoms with Crippen LogP contribution in [0.2, 0.25) is 0 Å². The van der Waals surface area contributed by atoms with Crippen molar-refractivity contribution in [1.29, 1.82) is 0 Å². The molecular formula is C53H81NO14. The van der Waals surface area contributed by atoms with E-state index in [0.717, 1.165) is 12.0 Å². The number of rotatable bonds is 7. The lowest BCUT2D eigenvalue weighted by Crippen LogP contribution is -2.61. The Morgan fingerprint density at radius 1 is 0.868 bits per heavy atom. The van der Waals surface area contributed by atoms with Gasteiger partial charge >= 0.3 is 5.97 Å². The number of Topliss-reactive ketones (excluding diaryl/α,β-unsaturated/α-hetero) is 3. The molecule has 0 radical (unpaired) electrons. The van der Waals surface area contributed by atoms with Gasteiger partial charge in [0.05, 0.1) is 37.6 Å². The van der Waals surface area contributed by atoms with E-state index < -0.39 is 83.9 Å². The number of fused-ring (bicyclic) bond motifs is 3. The van der Waals surface area contributed by atoms with Gasteiger partial charge < -0.3 is 48.6 Å². The fraction of sp³-hybridized carbons (Fsp3) is 0.755. The number of allylic oxidation sites excluding steroid dienone is 6. The number of piperidine rings is 1. The van der Waals surface area contributed by atoms with Crippen LogP contribution in [-0.2, 0) is 52.4 Å². The number of amides is 1. The Kier molecular flexibility index (Phi) is 20.9. The minimum absolute atomic E-state index is 0.00818. The van der Waals surface area contributed by atoms with Crippen molar-refractivity contribution in [2.45, 2.75) is 186 Å². The summed E-state index contributed by atoms with van der Waals surface area (Å²) < 4.78 is 35.5. The fourth-order valence-electron chi connectivity index (χ4n) is 10.5. The van der Waals surface area contributed by atoms with Crippen molar-refractivity contribution in [2.75, 3.05) is 34.0 Å². The molecule has 4 fully saturated rings. The zero-order valence-corrected chi connectivity index (χ0v) is 42.0. The maximum atomic E-state index is 14.4. The van der Waals surface area contributed by atoms with Crippen LogP contribution in [0.3, 0.4) is 0 Å². The van der Waals surface area contributed by atoms with Gasteiger partial charge in [-0.25, -0.2) is 4.79 Å². The Morgan fingerprint density at radius 3 is 2.28 bits per heavy atom. The van der Waals surface area contributed by atoms with Crippen LogP contribution in [0.1, 0.15) is 126 Å². The highest BCUT2D eigenvalue weighted by Gasteiger charge is 2.53. The van der Waals surface area contributed by atoms with Crippen molar-refractivity contribution in [3.05, 3.63) is 47.6 Å². The summed E-state index contributed by atoms with van der Waals surface area (Å²) in [5, 5.41) is 34.1. The number of ether oxygens (including phenoxy) is 6.